The molecule has 10 atom stereocenters. The van der Waals surface area contributed by atoms with Gasteiger partial charge in [0.2, 0.25) is 0 Å². The van der Waals surface area contributed by atoms with Gasteiger partial charge < -0.3 is 15.3 Å². The number of aliphatic carboxylic acids is 1. The minimum atomic E-state index is -1.02. The van der Waals surface area contributed by atoms with E-state index in [1.807, 2.05) is 6.92 Å². The summed E-state index contributed by atoms with van der Waals surface area (Å²) in [4.78, 5) is 12.8. The summed E-state index contributed by atoms with van der Waals surface area (Å²) >= 11 is 0. The number of aliphatic hydroxyl groups is 2. The maximum Gasteiger partial charge on any atom is 0.310 e. The van der Waals surface area contributed by atoms with Crippen LogP contribution in [0.1, 0.15) is 106 Å². The average Bonchev–Trinajstić information content (AvgIpc) is 2.69. The summed E-state index contributed by atoms with van der Waals surface area (Å²) in [5, 5.41) is 33.4. The first-order valence-corrected chi connectivity index (χ1v) is 13.9. The van der Waals surface area contributed by atoms with Crippen molar-refractivity contribution in [3.8, 4) is 0 Å². The van der Waals surface area contributed by atoms with Crippen molar-refractivity contribution in [2.24, 2.45) is 50.7 Å². The number of rotatable bonds is 1. The fraction of sp³-hybridized carbons (Fsp3) is 0.900. The Morgan fingerprint density at radius 1 is 0.941 bits per heavy atom. The zero-order valence-corrected chi connectivity index (χ0v) is 22.6. The lowest BCUT2D eigenvalue weighted by Crippen LogP contribution is -2.67. The number of carboxylic acid groups (broad SMARTS) is 1. The largest absolute Gasteiger partial charge is 0.481 e. The summed E-state index contributed by atoms with van der Waals surface area (Å²) in [6.07, 6.45) is 10.1. The molecule has 5 aliphatic rings. The molecule has 0 saturated heterocycles. The Bertz CT molecular complexity index is 919. The van der Waals surface area contributed by atoms with E-state index in [1.54, 1.807) is 0 Å². The lowest BCUT2D eigenvalue weighted by atomic mass is 9.33. The van der Waals surface area contributed by atoms with Gasteiger partial charge in [0.05, 0.1) is 17.1 Å². The molecular weight excluding hydrogens is 424 g/mol. The lowest BCUT2D eigenvalue weighted by molar-refractivity contribution is -0.214. The van der Waals surface area contributed by atoms with Crippen LogP contribution in [0.5, 0.6) is 0 Å². The number of hydrogen-bond acceptors (Lipinski definition) is 3. The van der Waals surface area contributed by atoms with E-state index < -0.39 is 17.0 Å². The van der Waals surface area contributed by atoms with Gasteiger partial charge in [-0.05, 0) is 104 Å². The van der Waals surface area contributed by atoms with Gasteiger partial charge in [-0.1, -0.05) is 53.2 Å². The highest BCUT2D eigenvalue weighted by Crippen LogP contribution is 2.76. The van der Waals surface area contributed by atoms with Crippen molar-refractivity contribution in [2.45, 2.75) is 118 Å². The third kappa shape index (κ3) is 2.82. The number of aliphatic hydroxyl groups excluding tert-OH is 1. The maximum absolute atomic E-state index is 12.8. The fourth-order valence-corrected chi connectivity index (χ4v) is 11.1. The van der Waals surface area contributed by atoms with Gasteiger partial charge in [-0.25, -0.2) is 0 Å². The van der Waals surface area contributed by atoms with Crippen molar-refractivity contribution < 1.29 is 20.1 Å². The molecule has 0 bridgehead atoms. The van der Waals surface area contributed by atoms with E-state index >= 15 is 0 Å². The maximum atomic E-state index is 12.8. The average molecular weight is 473 g/mol. The predicted octanol–water partition coefficient (Wildman–Crippen LogP) is 6.20. The topological polar surface area (TPSA) is 77.8 Å². The molecule has 0 amide bonds. The number of carboxylic acids is 1. The van der Waals surface area contributed by atoms with Gasteiger partial charge in [0, 0.05) is 5.92 Å². The van der Waals surface area contributed by atoms with E-state index in [4.69, 9.17) is 0 Å². The lowest BCUT2D eigenvalue weighted by Gasteiger charge is -2.71. The summed E-state index contributed by atoms with van der Waals surface area (Å²) in [6.45, 7) is 16.1. The van der Waals surface area contributed by atoms with Gasteiger partial charge in [0.25, 0.3) is 0 Å². The van der Waals surface area contributed by atoms with Crippen LogP contribution in [-0.2, 0) is 4.79 Å². The first kappa shape index (κ1) is 24.8. The second-order valence-corrected chi connectivity index (χ2v) is 14.9. The first-order valence-electron chi connectivity index (χ1n) is 13.9. The first-order chi connectivity index (χ1) is 15.6. The Hall–Kier alpha value is -0.870. The van der Waals surface area contributed by atoms with E-state index in [2.05, 4.69) is 47.6 Å². The summed E-state index contributed by atoms with van der Waals surface area (Å²) in [5.74, 6) is 0.107. The third-order valence-electron chi connectivity index (χ3n) is 13.1. The Morgan fingerprint density at radius 3 is 2.26 bits per heavy atom. The third-order valence-corrected chi connectivity index (χ3v) is 13.1. The summed E-state index contributed by atoms with van der Waals surface area (Å²) < 4.78 is 0. The fourth-order valence-electron chi connectivity index (χ4n) is 11.1. The monoisotopic (exact) mass is 472 g/mol. The van der Waals surface area contributed by atoms with Gasteiger partial charge in [-0.3, -0.25) is 4.79 Å². The Labute approximate surface area is 206 Å². The molecule has 0 heterocycles. The van der Waals surface area contributed by atoms with E-state index in [0.717, 1.165) is 38.5 Å². The van der Waals surface area contributed by atoms with Crippen molar-refractivity contribution in [2.75, 3.05) is 0 Å². The standard InChI is InChI=1S/C30H48O4/c1-18-10-13-30(24(32)33)15-14-27(5)20(23(30)29(18,7)34)8-9-22-26(4)17-19(31)16-25(2,3)21(26)11-12-28(22,27)6/h8,18-19,21-23,31,34H,9-17H2,1-7H3,(H,32,33). The minimum absolute atomic E-state index is 0.0386. The summed E-state index contributed by atoms with van der Waals surface area (Å²) in [7, 11) is 0. The zero-order valence-electron chi connectivity index (χ0n) is 22.6. The molecule has 4 nitrogen and oxygen atoms in total. The number of carbonyl (C=O) groups is 1. The Balaban J connectivity index is 1.65. The molecule has 3 N–H and O–H groups in total. The van der Waals surface area contributed by atoms with Crippen LogP contribution >= 0.6 is 0 Å². The molecule has 0 aromatic carbocycles. The Morgan fingerprint density at radius 2 is 1.62 bits per heavy atom. The van der Waals surface area contributed by atoms with Crippen molar-refractivity contribution in [3.63, 3.8) is 0 Å². The SMILES string of the molecule is CC1CCC2(C(=O)O)CCC3(C)C(=CCC4C5(C)CC(O)CC(C)(C)C5CCC43C)C2C1(C)O. The highest BCUT2D eigenvalue weighted by molar-refractivity contribution is 5.77. The minimum Gasteiger partial charge on any atom is -0.481 e. The molecule has 4 saturated carbocycles. The van der Waals surface area contributed by atoms with Crippen LogP contribution in [-0.4, -0.2) is 33.0 Å². The van der Waals surface area contributed by atoms with Gasteiger partial charge >= 0.3 is 5.97 Å². The van der Waals surface area contributed by atoms with Gasteiger partial charge in [0.1, 0.15) is 0 Å². The molecule has 0 aromatic rings. The highest BCUT2D eigenvalue weighted by atomic mass is 16.4. The number of allylic oxidation sites excluding steroid dienone is 1. The molecule has 0 spiro atoms. The molecule has 4 fully saturated rings. The molecule has 0 aliphatic heterocycles. The molecule has 10 unspecified atom stereocenters. The Kier molecular flexibility index (Phi) is 5.20. The van der Waals surface area contributed by atoms with Crippen LogP contribution in [0.3, 0.4) is 0 Å². The van der Waals surface area contributed by atoms with Crippen LogP contribution in [0.2, 0.25) is 0 Å². The summed E-state index contributed by atoms with van der Waals surface area (Å²) in [6, 6.07) is 0. The second-order valence-electron chi connectivity index (χ2n) is 14.9. The van der Waals surface area contributed by atoms with Crippen LogP contribution in [0, 0.1) is 50.7 Å². The van der Waals surface area contributed by atoms with Crippen LogP contribution < -0.4 is 0 Å². The molecule has 0 radical (unpaired) electrons. The summed E-state index contributed by atoms with van der Waals surface area (Å²) in [5.41, 5.74) is -0.506. The van der Waals surface area contributed by atoms with Crippen molar-refractivity contribution >= 4 is 5.97 Å². The van der Waals surface area contributed by atoms with Crippen molar-refractivity contribution in [1.82, 2.24) is 0 Å². The normalized spacial score (nSPS) is 56.3. The number of fused-ring (bicyclic) bond motifs is 7. The van der Waals surface area contributed by atoms with Gasteiger partial charge in [0.15, 0.2) is 0 Å². The quantitative estimate of drug-likeness (QED) is 0.397. The number of hydrogen-bond donors (Lipinski definition) is 3. The molecular formula is C30H48O4. The molecule has 5 aliphatic carbocycles. The predicted molar refractivity (Wildman–Crippen MR) is 134 cm³/mol. The van der Waals surface area contributed by atoms with Crippen molar-refractivity contribution in [1.29, 1.82) is 0 Å². The van der Waals surface area contributed by atoms with E-state index in [-0.39, 0.29) is 39.6 Å². The van der Waals surface area contributed by atoms with Gasteiger partial charge in [-0.2, -0.15) is 0 Å². The smallest absolute Gasteiger partial charge is 0.310 e. The molecule has 34 heavy (non-hydrogen) atoms. The van der Waals surface area contributed by atoms with Gasteiger partial charge in [-0.15, -0.1) is 0 Å². The second kappa shape index (κ2) is 7.12. The van der Waals surface area contributed by atoms with E-state index in [9.17, 15) is 20.1 Å². The van der Waals surface area contributed by atoms with Crippen molar-refractivity contribution in [3.05, 3.63) is 11.6 Å². The van der Waals surface area contributed by atoms with Crippen LogP contribution in [0.25, 0.3) is 0 Å². The zero-order chi connectivity index (χ0) is 25.1. The molecule has 4 heteroatoms. The van der Waals surface area contributed by atoms with E-state index in [0.29, 0.717) is 24.7 Å². The molecule has 192 valence electrons. The van der Waals surface area contributed by atoms with Crippen LogP contribution in [0.4, 0.5) is 0 Å². The van der Waals surface area contributed by atoms with Crippen LogP contribution in [0.15, 0.2) is 11.6 Å². The molecule has 0 aromatic heterocycles. The highest BCUT2D eigenvalue weighted by Gasteiger charge is 2.71. The van der Waals surface area contributed by atoms with E-state index in [1.165, 1.54) is 12.0 Å². The molecule has 5 rings (SSSR count).